The van der Waals surface area contributed by atoms with E-state index in [-0.39, 0.29) is 16.7 Å². The molecule has 0 bridgehead atoms. The van der Waals surface area contributed by atoms with Gasteiger partial charge < -0.3 is 9.47 Å². The molecule has 1 heterocycles. The fourth-order valence-corrected chi connectivity index (χ4v) is 3.13. The quantitative estimate of drug-likeness (QED) is 0.758. The van der Waals surface area contributed by atoms with Crippen LogP contribution in [0.3, 0.4) is 0 Å². The van der Waals surface area contributed by atoms with Crippen LogP contribution in [0.2, 0.25) is 10.0 Å². The van der Waals surface area contributed by atoms with Gasteiger partial charge in [-0.2, -0.15) is 0 Å². The maximum Gasteiger partial charge on any atom is 0.340 e. The maximum atomic E-state index is 12.3. The van der Waals surface area contributed by atoms with Crippen molar-refractivity contribution in [1.82, 2.24) is 4.98 Å². The standard InChI is InChI=1S/C17H15Cl2NO4/c1-8-12(16(21)23-3)15(13(9(2)20-8)17(22)24-4)14-10(18)6-5-7-11(14)19/h5-7H,1-4H3. The molecule has 126 valence electrons. The van der Waals surface area contributed by atoms with Crippen molar-refractivity contribution in [2.75, 3.05) is 14.2 Å². The molecule has 24 heavy (non-hydrogen) atoms. The van der Waals surface area contributed by atoms with Crippen molar-refractivity contribution >= 4 is 35.1 Å². The van der Waals surface area contributed by atoms with Crippen LogP contribution in [-0.4, -0.2) is 31.1 Å². The van der Waals surface area contributed by atoms with Crippen molar-refractivity contribution < 1.29 is 19.1 Å². The van der Waals surface area contributed by atoms with E-state index in [2.05, 4.69) is 4.98 Å². The molecule has 0 saturated heterocycles. The highest BCUT2D eigenvalue weighted by molar-refractivity contribution is 6.40. The fourth-order valence-electron chi connectivity index (χ4n) is 2.54. The van der Waals surface area contributed by atoms with Crippen molar-refractivity contribution in [3.8, 4) is 11.1 Å². The Balaban J connectivity index is 3.04. The van der Waals surface area contributed by atoms with E-state index in [1.54, 1.807) is 32.0 Å². The fraction of sp³-hybridized carbons (Fsp3) is 0.235. The highest BCUT2D eigenvalue weighted by Crippen LogP contribution is 2.40. The zero-order valence-corrected chi connectivity index (χ0v) is 15.1. The number of pyridine rings is 1. The molecule has 0 spiro atoms. The molecule has 0 fully saturated rings. The number of methoxy groups -OCH3 is 2. The predicted molar refractivity (Wildman–Crippen MR) is 91.8 cm³/mol. The Morgan fingerprint density at radius 3 is 1.67 bits per heavy atom. The third-order valence-corrected chi connectivity index (χ3v) is 4.18. The summed E-state index contributed by atoms with van der Waals surface area (Å²) in [6.45, 7) is 3.29. The van der Waals surface area contributed by atoms with Crippen molar-refractivity contribution in [3.63, 3.8) is 0 Å². The number of halogens is 2. The smallest absolute Gasteiger partial charge is 0.340 e. The summed E-state index contributed by atoms with van der Waals surface area (Å²) >= 11 is 12.6. The average Bonchev–Trinajstić information content (AvgIpc) is 2.53. The second-order valence-electron chi connectivity index (χ2n) is 4.99. The third-order valence-electron chi connectivity index (χ3n) is 3.55. The van der Waals surface area contributed by atoms with Crippen LogP contribution in [0.5, 0.6) is 0 Å². The average molecular weight is 368 g/mol. The molecule has 7 heteroatoms. The monoisotopic (exact) mass is 367 g/mol. The van der Waals surface area contributed by atoms with Crippen LogP contribution in [0, 0.1) is 13.8 Å². The molecule has 0 aliphatic rings. The number of rotatable bonds is 3. The number of hydrogen-bond acceptors (Lipinski definition) is 5. The van der Waals surface area contributed by atoms with Gasteiger partial charge in [0.05, 0.1) is 36.7 Å². The summed E-state index contributed by atoms with van der Waals surface area (Å²) in [6.07, 6.45) is 0. The number of ether oxygens (including phenoxy) is 2. The number of carbonyl (C=O) groups is 2. The molecule has 0 saturated carbocycles. The molecular weight excluding hydrogens is 353 g/mol. The second kappa shape index (κ2) is 7.20. The molecule has 0 aliphatic carbocycles. The van der Waals surface area contributed by atoms with E-state index < -0.39 is 11.9 Å². The van der Waals surface area contributed by atoms with Crippen LogP contribution in [0.25, 0.3) is 11.1 Å². The molecular formula is C17H15Cl2NO4. The van der Waals surface area contributed by atoms with Crippen LogP contribution in [-0.2, 0) is 9.47 Å². The summed E-state index contributed by atoms with van der Waals surface area (Å²) < 4.78 is 9.70. The summed E-state index contributed by atoms with van der Waals surface area (Å²) in [6, 6.07) is 4.91. The molecule has 0 radical (unpaired) electrons. The van der Waals surface area contributed by atoms with E-state index >= 15 is 0 Å². The van der Waals surface area contributed by atoms with Gasteiger partial charge in [0.25, 0.3) is 0 Å². The molecule has 0 amide bonds. The highest BCUT2D eigenvalue weighted by atomic mass is 35.5. The number of benzene rings is 1. The molecule has 1 aromatic heterocycles. The normalized spacial score (nSPS) is 10.4. The Kier molecular flexibility index (Phi) is 5.47. The molecule has 0 N–H and O–H groups in total. The Morgan fingerprint density at radius 1 is 0.875 bits per heavy atom. The molecule has 2 aromatic rings. The summed E-state index contributed by atoms with van der Waals surface area (Å²) in [4.78, 5) is 28.9. The Labute approximate surface area is 149 Å². The number of aromatic nitrogens is 1. The van der Waals surface area contributed by atoms with Gasteiger partial charge in [-0.05, 0) is 26.0 Å². The number of carbonyl (C=O) groups excluding carboxylic acids is 2. The summed E-state index contributed by atoms with van der Waals surface area (Å²) in [5.74, 6) is -1.28. The van der Waals surface area contributed by atoms with Gasteiger partial charge in [-0.25, -0.2) is 9.59 Å². The maximum absolute atomic E-state index is 12.3. The summed E-state index contributed by atoms with van der Waals surface area (Å²) in [7, 11) is 2.49. The first kappa shape index (κ1) is 18.2. The largest absolute Gasteiger partial charge is 0.465 e. The lowest BCUT2D eigenvalue weighted by atomic mass is 9.92. The molecule has 0 aliphatic heterocycles. The van der Waals surface area contributed by atoms with Gasteiger partial charge in [0, 0.05) is 21.2 Å². The van der Waals surface area contributed by atoms with Crippen molar-refractivity contribution in [2.45, 2.75) is 13.8 Å². The zero-order chi connectivity index (χ0) is 18.0. The SMILES string of the molecule is COC(=O)c1c(C)nc(C)c(C(=O)OC)c1-c1c(Cl)cccc1Cl. The van der Waals surface area contributed by atoms with Crippen molar-refractivity contribution in [3.05, 3.63) is 50.8 Å². The topological polar surface area (TPSA) is 65.5 Å². The number of esters is 2. The lowest BCUT2D eigenvalue weighted by Crippen LogP contribution is -2.16. The molecule has 5 nitrogen and oxygen atoms in total. The van der Waals surface area contributed by atoms with E-state index in [0.717, 1.165) is 0 Å². The van der Waals surface area contributed by atoms with Crippen LogP contribution in [0.15, 0.2) is 18.2 Å². The predicted octanol–water partition coefficient (Wildman–Crippen LogP) is 4.25. The van der Waals surface area contributed by atoms with Crippen molar-refractivity contribution in [2.24, 2.45) is 0 Å². The summed E-state index contributed by atoms with van der Waals surface area (Å²) in [5.41, 5.74) is 1.66. The van der Waals surface area contributed by atoms with Gasteiger partial charge in [0.2, 0.25) is 0 Å². The van der Waals surface area contributed by atoms with Gasteiger partial charge in [-0.1, -0.05) is 29.3 Å². The molecule has 1 aromatic carbocycles. The first-order valence-electron chi connectivity index (χ1n) is 6.95. The number of hydrogen-bond donors (Lipinski definition) is 0. The van der Waals surface area contributed by atoms with Gasteiger partial charge in [-0.15, -0.1) is 0 Å². The van der Waals surface area contributed by atoms with E-state index in [9.17, 15) is 9.59 Å². The van der Waals surface area contributed by atoms with E-state index in [0.29, 0.717) is 27.0 Å². The minimum Gasteiger partial charge on any atom is -0.465 e. The zero-order valence-electron chi connectivity index (χ0n) is 13.6. The Morgan fingerprint density at radius 2 is 1.29 bits per heavy atom. The van der Waals surface area contributed by atoms with E-state index in [4.69, 9.17) is 32.7 Å². The minimum absolute atomic E-state index is 0.124. The van der Waals surface area contributed by atoms with E-state index in [1.165, 1.54) is 14.2 Å². The first-order valence-corrected chi connectivity index (χ1v) is 7.71. The van der Waals surface area contributed by atoms with Gasteiger partial charge in [0.15, 0.2) is 0 Å². The first-order chi connectivity index (χ1) is 11.3. The number of aryl methyl sites for hydroxylation is 2. The molecule has 0 atom stereocenters. The lowest BCUT2D eigenvalue weighted by Gasteiger charge is -2.18. The minimum atomic E-state index is -0.642. The van der Waals surface area contributed by atoms with Crippen LogP contribution in [0.4, 0.5) is 0 Å². The van der Waals surface area contributed by atoms with Gasteiger partial charge in [-0.3, -0.25) is 4.98 Å². The van der Waals surface area contributed by atoms with Crippen LogP contribution >= 0.6 is 23.2 Å². The van der Waals surface area contributed by atoms with Crippen LogP contribution in [0.1, 0.15) is 32.1 Å². The van der Waals surface area contributed by atoms with Crippen molar-refractivity contribution in [1.29, 1.82) is 0 Å². The van der Waals surface area contributed by atoms with Crippen LogP contribution < -0.4 is 0 Å². The summed E-state index contributed by atoms with van der Waals surface area (Å²) in [5, 5.41) is 0.589. The highest BCUT2D eigenvalue weighted by Gasteiger charge is 2.29. The van der Waals surface area contributed by atoms with Gasteiger partial charge >= 0.3 is 11.9 Å². The lowest BCUT2D eigenvalue weighted by molar-refractivity contribution is 0.0599. The molecule has 2 rings (SSSR count). The number of nitrogens with zero attached hydrogens (tertiary/aromatic N) is 1. The third kappa shape index (κ3) is 3.09. The van der Waals surface area contributed by atoms with Gasteiger partial charge in [0.1, 0.15) is 0 Å². The Bertz CT molecular complexity index is 773. The van der Waals surface area contributed by atoms with E-state index in [1.807, 2.05) is 0 Å². The molecule has 0 unspecified atom stereocenters. The Hall–Kier alpha value is -2.11. The second-order valence-corrected chi connectivity index (χ2v) is 5.80.